The first-order chi connectivity index (χ1) is 14.3. The van der Waals surface area contributed by atoms with Crippen molar-refractivity contribution < 1.29 is 39.5 Å². The van der Waals surface area contributed by atoms with Crippen LogP contribution in [0.4, 0.5) is 0 Å². The zero-order valence-electron chi connectivity index (χ0n) is 16.0. The molecule has 10 heteroatoms. The van der Waals surface area contributed by atoms with Gasteiger partial charge in [-0.25, -0.2) is 14.6 Å². The van der Waals surface area contributed by atoms with Gasteiger partial charge in [0, 0.05) is 6.54 Å². The van der Waals surface area contributed by atoms with Gasteiger partial charge in [-0.05, 0) is 17.7 Å². The molecule has 2 aromatic rings. The smallest absolute Gasteiger partial charge is 0.335 e. The molecule has 0 aromatic heterocycles. The Morgan fingerprint density at radius 3 is 2.07 bits per heavy atom. The molecule has 0 radical (unpaired) electrons. The maximum absolute atomic E-state index is 9.77. The van der Waals surface area contributed by atoms with Gasteiger partial charge in [0.15, 0.2) is 23.7 Å². The van der Waals surface area contributed by atoms with Crippen molar-refractivity contribution in [2.75, 3.05) is 13.2 Å². The number of aliphatic carboxylic acids is 2. The Hall–Kier alpha value is -3.18. The Bertz CT molecular complexity index is 815. The molecule has 0 fully saturated rings. The van der Waals surface area contributed by atoms with Crippen LogP contribution >= 0.6 is 0 Å². The Labute approximate surface area is 172 Å². The number of carboxylic acid groups (broad SMARTS) is 2. The molecule has 0 amide bonds. The average Bonchev–Trinajstić information content (AvgIpc) is 2.73. The molecule has 1 aliphatic heterocycles. The van der Waals surface area contributed by atoms with Crippen molar-refractivity contribution in [2.24, 2.45) is 5.84 Å². The highest BCUT2D eigenvalue weighted by molar-refractivity contribution is 5.83. The summed E-state index contributed by atoms with van der Waals surface area (Å²) in [6.45, 7) is 1.85. The van der Waals surface area contributed by atoms with Gasteiger partial charge in [0.25, 0.3) is 0 Å². The Morgan fingerprint density at radius 1 is 0.967 bits per heavy atom. The number of aliphatic hydroxyl groups is 2. The average molecular weight is 420 g/mol. The van der Waals surface area contributed by atoms with Gasteiger partial charge >= 0.3 is 11.9 Å². The molecule has 162 valence electrons. The highest BCUT2D eigenvalue weighted by Crippen LogP contribution is 2.30. The molecule has 0 saturated carbocycles. The van der Waals surface area contributed by atoms with Gasteiger partial charge < -0.3 is 29.9 Å². The summed E-state index contributed by atoms with van der Waals surface area (Å²) in [7, 11) is 0. The number of hydrogen-bond donors (Lipinski definition) is 5. The minimum absolute atomic E-state index is 0.0430. The lowest BCUT2D eigenvalue weighted by Gasteiger charge is -2.29. The summed E-state index contributed by atoms with van der Waals surface area (Å²) < 4.78 is 11.6. The lowest BCUT2D eigenvalue weighted by Crippen LogP contribution is -2.43. The van der Waals surface area contributed by atoms with E-state index in [1.165, 1.54) is 5.56 Å². The molecule has 1 unspecified atom stereocenters. The predicted molar refractivity (Wildman–Crippen MR) is 105 cm³/mol. The molecular formula is C20H24N2O8. The molecule has 3 rings (SSSR count). The molecule has 2 aromatic carbocycles. The van der Waals surface area contributed by atoms with E-state index >= 15 is 0 Å². The fourth-order valence-electron chi connectivity index (χ4n) is 2.57. The van der Waals surface area contributed by atoms with Gasteiger partial charge in [-0.15, -0.1) is 0 Å². The predicted octanol–water partition coefficient (Wildman–Crippen LogP) is 0.0797. The maximum Gasteiger partial charge on any atom is 0.335 e. The molecule has 30 heavy (non-hydrogen) atoms. The topological polar surface area (TPSA) is 163 Å². The molecular weight excluding hydrogens is 396 g/mol. The lowest BCUT2D eigenvalue weighted by atomic mass is 10.2. The first kappa shape index (κ1) is 23.1. The standard InChI is InChI=1S/C16H18N2O2.C4H6O6/c17-18(10-13-6-2-1-3-7-13)11-14-12-19-15-8-4-5-9-16(15)20-14;5-1(3(7)8)2(6)4(9)10/h1-9,14H,10-12,17H2;1-2,5-6H,(H,7,8)(H,9,10)/t;1-,2-/m.1/s1. The summed E-state index contributed by atoms with van der Waals surface area (Å²) in [6, 6.07) is 17.9. The second kappa shape index (κ2) is 11.1. The molecule has 0 aliphatic carbocycles. The zero-order valence-corrected chi connectivity index (χ0v) is 16.0. The van der Waals surface area contributed by atoms with E-state index in [1.54, 1.807) is 5.01 Å². The third-order valence-corrected chi connectivity index (χ3v) is 4.04. The normalized spacial score (nSPS) is 16.7. The fourth-order valence-corrected chi connectivity index (χ4v) is 2.57. The summed E-state index contributed by atoms with van der Waals surface area (Å²) in [5.41, 5.74) is 1.19. The van der Waals surface area contributed by atoms with Crippen LogP contribution in [-0.2, 0) is 16.1 Å². The number of ether oxygens (including phenoxy) is 2. The van der Waals surface area contributed by atoms with Gasteiger partial charge in [-0.2, -0.15) is 0 Å². The van der Waals surface area contributed by atoms with Crippen LogP contribution in [-0.4, -0.2) is 68.8 Å². The number of carbonyl (C=O) groups is 2. The summed E-state index contributed by atoms with van der Waals surface area (Å²) in [4.78, 5) is 19.5. The maximum atomic E-state index is 9.77. The number of nitrogens with two attached hydrogens (primary N) is 1. The largest absolute Gasteiger partial charge is 0.486 e. The Morgan fingerprint density at radius 2 is 1.50 bits per heavy atom. The van der Waals surface area contributed by atoms with Crippen LogP contribution in [0.2, 0.25) is 0 Å². The Kier molecular flexibility index (Phi) is 8.56. The van der Waals surface area contributed by atoms with Crippen LogP contribution in [0, 0.1) is 0 Å². The monoisotopic (exact) mass is 420 g/mol. The SMILES string of the molecule is NN(Cc1ccccc1)CC1COc2ccccc2O1.O=C(O)[C@H](O)[C@@H](O)C(=O)O. The van der Waals surface area contributed by atoms with Gasteiger partial charge in [-0.3, -0.25) is 5.84 Å². The van der Waals surface area contributed by atoms with Crippen molar-refractivity contribution in [3.05, 3.63) is 60.2 Å². The molecule has 0 spiro atoms. The van der Waals surface area contributed by atoms with Gasteiger partial charge in [0.2, 0.25) is 0 Å². The third kappa shape index (κ3) is 7.01. The first-order valence-electron chi connectivity index (χ1n) is 9.01. The molecule has 0 saturated heterocycles. The zero-order chi connectivity index (χ0) is 22.1. The number of fused-ring (bicyclic) bond motifs is 1. The van der Waals surface area contributed by atoms with Gasteiger partial charge in [-0.1, -0.05) is 42.5 Å². The van der Waals surface area contributed by atoms with Crippen LogP contribution < -0.4 is 15.3 Å². The molecule has 1 aliphatic rings. The van der Waals surface area contributed by atoms with Gasteiger partial charge in [0.05, 0.1) is 6.54 Å². The summed E-state index contributed by atoms with van der Waals surface area (Å²) >= 11 is 0. The van der Waals surface area contributed by atoms with E-state index in [0.717, 1.165) is 11.5 Å². The van der Waals surface area contributed by atoms with E-state index < -0.39 is 24.1 Å². The van der Waals surface area contributed by atoms with E-state index in [9.17, 15) is 9.59 Å². The van der Waals surface area contributed by atoms with Crippen molar-refractivity contribution in [1.82, 2.24) is 5.01 Å². The summed E-state index contributed by atoms with van der Waals surface area (Å²) in [5.74, 6) is 4.11. The second-order valence-electron chi connectivity index (χ2n) is 6.48. The quantitative estimate of drug-likeness (QED) is 0.306. The Balaban J connectivity index is 0.000000274. The fraction of sp³-hybridized carbons (Fsp3) is 0.300. The van der Waals surface area contributed by atoms with Crippen molar-refractivity contribution in [1.29, 1.82) is 0 Å². The van der Waals surface area contributed by atoms with Crippen LogP contribution in [0.5, 0.6) is 11.5 Å². The number of nitrogens with zero attached hydrogens (tertiary/aromatic N) is 1. The number of aliphatic hydroxyl groups excluding tert-OH is 2. The van der Waals surface area contributed by atoms with Crippen molar-refractivity contribution in [3.8, 4) is 11.5 Å². The van der Waals surface area contributed by atoms with Crippen molar-refractivity contribution in [3.63, 3.8) is 0 Å². The second-order valence-corrected chi connectivity index (χ2v) is 6.48. The highest BCUT2D eigenvalue weighted by Gasteiger charge is 2.29. The molecule has 3 atom stereocenters. The summed E-state index contributed by atoms with van der Waals surface area (Å²) in [5, 5.41) is 34.3. The van der Waals surface area contributed by atoms with Crippen LogP contribution in [0.15, 0.2) is 54.6 Å². The van der Waals surface area contributed by atoms with E-state index in [2.05, 4.69) is 12.1 Å². The van der Waals surface area contributed by atoms with E-state index in [0.29, 0.717) is 19.7 Å². The number of benzene rings is 2. The highest BCUT2D eigenvalue weighted by atomic mass is 16.6. The minimum atomic E-state index is -2.27. The van der Waals surface area contributed by atoms with E-state index in [4.69, 9.17) is 35.7 Å². The third-order valence-electron chi connectivity index (χ3n) is 4.04. The molecule has 0 bridgehead atoms. The van der Waals surface area contributed by atoms with Crippen LogP contribution in [0.25, 0.3) is 0 Å². The van der Waals surface area contributed by atoms with Crippen molar-refractivity contribution >= 4 is 11.9 Å². The number of rotatable bonds is 7. The number of hydrazine groups is 1. The molecule has 10 nitrogen and oxygen atoms in total. The van der Waals surface area contributed by atoms with E-state index in [1.807, 2.05) is 42.5 Å². The molecule has 1 heterocycles. The van der Waals surface area contributed by atoms with E-state index in [-0.39, 0.29) is 6.10 Å². The minimum Gasteiger partial charge on any atom is -0.486 e. The van der Waals surface area contributed by atoms with Crippen molar-refractivity contribution in [2.45, 2.75) is 24.9 Å². The lowest BCUT2D eigenvalue weighted by molar-refractivity contribution is -0.165. The van der Waals surface area contributed by atoms with Crippen LogP contribution in [0.1, 0.15) is 5.56 Å². The summed E-state index contributed by atoms with van der Waals surface area (Å²) in [6.07, 6.45) is -4.58. The molecule has 6 N–H and O–H groups in total. The number of para-hydroxylation sites is 2. The van der Waals surface area contributed by atoms with Crippen LogP contribution in [0.3, 0.4) is 0 Å². The number of carboxylic acids is 2. The van der Waals surface area contributed by atoms with Gasteiger partial charge in [0.1, 0.15) is 12.7 Å². The number of hydrogen-bond acceptors (Lipinski definition) is 8. The first-order valence-corrected chi connectivity index (χ1v) is 9.01.